The molecule has 1 saturated carbocycles. The summed E-state index contributed by atoms with van der Waals surface area (Å²) in [6.07, 6.45) is 2.85. The Morgan fingerprint density at radius 3 is 2.61 bits per heavy atom. The third kappa shape index (κ3) is 5.45. The van der Waals surface area contributed by atoms with Crippen LogP contribution in [0.2, 0.25) is 0 Å². The van der Waals surface area contributed by atoms with E-state index in [1.165, 1.54) is 12.1 Å². The van der Waals surface area contributed by atoms with Gasteiger partial charge in [-0.25, -0.2) is 13.6 Å². The summed E-state index contributed by atoms with van der Waals surface area (Å²) >= 11 is 0. The molecule has 6 nitrogen and oxygen atoms in total. The first-order valence-corrected chi connectivity index (χ1v) is 9.37. The molecule has 3 N–H and O–H groups in total. The monoisotopic (exact) mass is 508 g/mol. The summed E-state index contributed by atoms with van der Waals surface area (Å²) in [5, 5.41) is 3.18. The van der Waals surface area contributed by atoms with Gasteiger partial charge >= 0.3 is 6.09 Å². The van der Waals surface area contributed by atoms with E-state index in [2.05, 4.69) is 10.3 Å². The van der Waals surface area contributed by atoms with E-state index in [0.29, 0.717) is 37.8 Å². The Labute approximate surface area is 180 Å². The quantitative estimate of drug-likeness (QED) is 0.364. The number of amides is 1. The van der Waals surface area contributed by atoms with Crippen molar-refractivity contribution in [1.82, 2.24) is 10.2 Å². The van der Waals surface area contributed by atoms with Crippen molar-refractivity contribution in [2.75, 3.05) is 26.2 Å². The highest BCUT2D eigenvalue weighted by molar-refractivity contribution is 14.0. The molecule has 0 aromatic heterocycles. The molecule has 1 amide bonds. The molecule has 0 unspecified atom stereocenters. The topological polar surface area (TPSA) is 80.0 Å². The first kappa shape index (κ1) is 22.6. The third-order valence-electron chi connectivity index (χ3n) is 5.28. The maximum atomic E-state index is 14.1. The number of piperidine rings is 1. The van der Waals surface area contributed by atoms with Crippen LogP contribution in [-0.4, -0.2) is 49.2 Å². The lowest BCUT2D eigenvalue weighted by Gasteiger charge is -2.31. The number of ether oxygens (including phenoxy) is 1. The minimum atomic E-state index is -0.578. The van der Waals surface area contributed by atoms with E-state index in [-0.39, 0.29) is 41.5 Å². The van der Waals surface area contributed by atoms with Crippen LogP contribution in [0.25, 0.3) is 0 Å². The first-order chi connectivity index (χ1) is 12.9. The molecule has 1 aromatic rings. The average molecular weight is 508 g/mol. The van der Waals surface area contributed by atoms with Crippen LogP contribution in [0.4, 0.5) is 13.6 Å². The van der Waals surface area contributed by atoms with Crippen LogP contribution < -0.4 is 11.1 Å². The number of rotatable bonds is 5. The van der Waals surface area contributed by atoms with Crippen molar-refractivity contribution < 1.29 is 18.3 Å². The molecule has 9 heteroatoms. The number of nitrogens with zero attached hydrogens (tertiary/aromatic N) is 2. The molecule has 1 saturated heterocycles. The molecule has 1 heterocycles. The van der Waals surface area contributed by atoms with Crippen molar-refractivity contribution in [1.29, 1.82) is 0 Å². The van der Waals surface area contributed by atoms with Crippen LogP contribution in [0.1, 0.15) is 38.2 Å². The fraction of sp³-hybridized carbons (Fsp3) is 0.579. The number of hydrogen-bond acceptors (Lipinski definition) is 3. The Bertz CT molecular complexity index is 720. The highest BCUT2D eigenvalue weighted by Gasteiger charge is 2.46. The van der Waals surface area contributed by atoms with E-state index in [4.69, 9.17) is 10.5 Å². The number of carbonyl (C=O) groups is 1. The SMILES string of the molecule is CCOC(=O)N1CCC(NC(N)=NCC2(c3ccc(F)cc3F)CC2)CC1.I. The maximum Gasteiger partial charge on any atom is 0.409 e. The molecule has 1 aromatic carbocycles. The van der Waals surface area contributed by atoms with Crippen molar-refractivity contribution in [2.24, 2.45) is 10.7 Å². The lowest BCUT2D eigenvalue weighted by atomic mass is 9.95. The summed E-state index contributed by atoms with van der Waals surface area (Å²) in [4.78, 5) is 17.8. The van der Waals surface area contributed by atoms with Crippen LogP contribution >= 0.6 is 24.0 Å². The minimum Gasteiger partial charge on any atom is -0.450 e. The smallest absolute Gasteiger partial charge is 0.409 e. The number of hydrogen-bond donors (Lipinski definition) is 2. The average Bonchev–Trinajstić information content (AvgIpc) is 3.42. The molecular formula is C19H27F2IN4O2. The Balaban J connectivity index is 0.00000280. The van der Waals surface area contributed by atoms with Gasteiger partial charge in [0.25, 0.3) is 0 Å². The molecule has 2 fully saturated rings. The molecule has 3 rings (SSSR count). The van der Waals surface area contributed by atoms with Crippen LogP contribution in [0.5, 0.6) is 0 Å². The summed E-state index contributed by atoms with van der Waals surface area (Å²) in [7, 11) is 0. The number of benzene rings is 1. The molecule has 0 spiro atoms. The van der Waals surface area contributed by atoms with Gasteiger partial charge in [0.1, 0.15) is 11.6 Å². The lowest BCUT2D eigenvalue weighted by Crippen LogP contribution is -2.48. The van der Waals surface area contributed by atoms with Crippen LogP contribution in [0, 0.1) is 11.6 Å². The number of guanidine groups is 1. The van der Waals surface area contributed by atoms with Gasteiger partial charge in [-0.2, -0.15) is 0 Å². The van der Waals surface area contributed by atoms with E-state index in [0.717, 1.165) is 31.7 Å². The van der Waals surface area contributed by atoms with Gasteiger partial charge in [-0.05, 0) is 44.2 Å². The van der Waals surface area contributed by atoms with Gasteiger partial charge in [-0.15, -0.1) is 24.0 Å². The Kier molecular flexibility index (Phi) is 7.85. The standard InChI is InChI=1S/C19H26F2N4O2.HI/c1-2-27-18(26)25-9-5-14(6-10-25)24-17(22)23-12-19(7-8-19)15-4-3-13(20)11-16(15)21;/h3-4,11,14H,2,5-10,12H2,1H3,(H3,22,23,24);1H. The second-order valence-corrected chi connectivity index (χ2v) is 7.21. The number of likely N-dealkylation sites (tertiary alicyclic amines) is 1. The Hall–Kier alpha value is -1.65. The van der Waals surface area contributed by atoms with Crippen molar-refractivity contribution in [2.45, 2.75) is 44.1 Å². The summed E-state index contributed by atoms with van der Waals surface area (Å²) in [6.45, 7) is 3.74. The van der Waals surface area contributed by atoms with Crippen LogP contribution in [-0.2, 0) is 10.2 Å². The van der Waals surface area contributed by atoms with E-state index in [1.54, 1.807) is 11.8 Å². The lowest BCUT2D eigenvalue weighted by molar-refractivity contribution is 0.0963. The second-order valence-electron chi connectivity index (χ2n) is 7.21. The number of aliphatic imine (C=N–C) groups is 1. The zero-order valence-corrected chi connectivity index (χ0v) is 18.2. The van der Waals surface area contributed by atoms with Crippen LogP contribution in [0.15, 0.2) is 23.2 Å². The number of nitrogens with one attached hydrogen (secondary N) is 1. The summed E-state index contributed by atoms with van der Waals surface area (Å²) in [5.74, 6) is -0.787. The fourth-order valence-electron chi connectivity index (χ4n) is 3.50. The Morgan fingerprint density at radius 2 is 2.04 bits per heavy atom. The zero-order chi connectivity index (χ0) is 19.4. The van der Waals surface area contributed by atoms with Crippen LogP contribution in [0.3, 0.4) is 0 Å². The molecule has 1 aliphatic carbocycles. The number of nitrogens with two attached hydrogens (primary N) is 1. The maximum absolute atomic E-state index is 14.1. The number of carbonyl (C=O) groups excluding carboxylic acids is 1. The van der Waals surface area contributed by atoms with Crippen molar-refractivity contribution >= 4 is 36.0 Å². The van der Waals surface area contributed by atoms with Crippen molar-refractivity contribution in [3.63, 3.8) is 0 Å². The Morgan fingerprint density at radius 1 is 1.36 bits per heavy atom. The van der Waals surface area contributed by atoms with Gasteiger partial charge in [-0.1, -0.05) is 6.07 Å². The van der Waals surface area contributed by atoms with Gasteiger partial charge < -0.3 is 20.7 Å². The highest BCUT2D eigenvalue weighted by atomic mass is 127. The van der Waals surface area contributed by atoms with E-state index >= 15 is 0 Å². The molecule has 2 aliphatic rings. The fourth-order valence-corrected chi connectivity index (χ4v) is 3.50. The van der Waals surface area contributed by atoms with Crippen molar-refractivity contribution in [3.05, 3.63) is 35.4 Å². The molecule has 0 radical (unpaired) electrons. The highest BCUT2D eigenvalue weighted by Crippen LogP contribution is 2.49. The normalized spacial score (nSPS) is 19.0. The molecule has 0 atom stereocenters. The van der Waals surface area contributed by atoms with Crippen molar-refractivity contribution in [3.8, 4) is 0 Å². The summed E-state index contributed by atoms with van der Waals surface area (Å²) in [6, 6.07) is 3.83. The molecule has 28 heavy (non-hydrogen) atoms. The molecule has 0 bridgehead atoms. The van der Waals surface area contributed by atoms with Gasteiger partial charge in [0.15, 0.2) is 5.96 Å². The predicted octanol–water partition coefficient (Wildman–Crippen LogP) is 3.14. The van der Waals surface area contributed by atoms with Gasteiger partial charge in [0, 0.05) is 30.6 Å². The molecule has 1 aliphatic heterocycles. The zero-order valence-electron chi connectivity index (χ0n) is 15.9. The number of halogens is 3. The summed E-state index contributed by atoms with van der Waals surface area (Å²) < 4.78 is 32.2. The van der Waals surface area contributed by atoms with Gasteiger partial charge in [0.05, 0.1) is 13.2 Å². The van der Waals surface area contributed by atoms with Gasteiger partial charge in [0.2, 0.25) is 0 Å². The van der Waals surface area contributed by atoms with Gasteiger partial charge in [-0.3, -0.25) is 4.99 Å². The minimum absolute atomic E-state index is 0. The van der Waals surface area contributed by atoms with E-state index in [1.807, 2.05) is 0 Å². The predicted molar refractivity (Wildman–Crippen MR) is 114 cm³/mol. The molecular weight excluding hydrogens is 481 g/mol. The third-order valence-corrected chi connectivity index (χ3v) is 5.28. The molecule has 156 valence electrons. The van der Waals surface area contributed by atoms with E-state index in [9.17, 15) is 13.6 Å². The van der Waals surface area contributed by atoms with E-state index < -0.39 is 11.6 Å². The summed E-state index contributed by atoms with van der Waals surface area (Å²) in [5.41, 5.74) is 6.13. The largest absolute Gasteiger partial charge is 0.450 e. The first-order valence-electron chi connectivity index (χ1n) is 9.37. The second kappa shape index (κ2) is 9.71.